The Morgan fingerprint density at radius 1 is 1.58 bits per heavy atom. The summed E-state index contributed by atoms with van der Waals surface area (Å²) in [5.74, 6) is 0.110. The van der Waals surface area contributed by atoms with Crippen LogP contribution in [0.4, 0.5) is 10.3 Å². The second kappa shape index (κ2) is 4.39. The van der Waals surface area contributed by atoms with Crippen molar-refractivity contribution in [3.05, 3.63) is 12.0 Å². The first-order valence-corrected chi connectivity index (χ1v) is 5.97. The molecule has 1 aliphatic rings. The van der Waals surface area contributed by atoms with Gasteiger partial charge in [-0.1, -0.05) is 0 Å². The lowest BCUT2D eigenvalue weighted by Crippen LogP contribution is -2.17. The number of nitrogen functional groups attached to an aromatic ring is 1. The van der Waals surface area contributed by atoms with Crippen molar-refractivity contribution < 1.29 is 14.2 Å². The normalized spacial score (nSPS) is 27.2. The van der Waals surface area contributed by atoms with Gasteiger partial charge in [-0.25, -0.2) is 14.4 Å². The molecule has 0 bridgehead atoms. The van der Waals surface area contributed by atoms with Crippen LogP contribution in [0.15, 0.2) is 6.33 Å². The van der Waals surface area contributed by atoms with Gasteiger partial charge in [-0.15, -0.1) is 0 Å². The maximum absolute atomic E-state index is 14.0. The van der Waals surface area contributed by atoms with E-state index in [1.165, 1.54) is 10.9 Å². The second-order valence-electron chi connectivity index (χ2n) is 4.57. The Bertz CT molecular complexity index is 616. The summed E-state index contributed by atoms with van der Waals surface area (Å²) in [6.45, 7) is 1.55. The number of anilines is 1. The van der Waals surface area contributed by atoms with E-state index in [1.54, 1.807) is 6.92 Å². The maximum Gasteiger partial charge on any atom is 0.222 e. The predicted octanol–water partition coefficient (Wildman–Crippen LogP) is 0.335. The summed E-state index contributed by atoms with van der Waals surface area (Å²) in [4.78, 5) is 12.3. The largest absolute Gasteiger partial charge is 0.394 e. The number of nitrogens with zero attached hydrogens (tertiary/aromatic N) is 4. The van der Waals surface area contributed by atoms with Crippen molar-refractivity contribution in [1.29, 1.82) is 0 Å². The molecule has 0 spiro atoms. The van der Waals surface area contributed by atoms with E-state index >= 15 is 0 Å². The Hall–Kier alpha value is -1.80. The molecule has 0 aromatic carbocycles. The van der Waals surface area contributed by atoms with E-state index in [-0.39, 0.29) is 19.0 Å². The number of imidazole rings is 1. The topological polar surface area (TPSA) is 99.1 Å². The summed E-state index contributed by atoms with van der Waals surface area (Å²) in [7, 11) is 0. The zero-order valence-electron chi connectivity index (χ0n) is 10.3. The molecule has 8 heteroatoms. The van der Waals surface area contributed by atoms with Crippen LogP contribution in [0.25, 0.3) is 11.2 Å². The van der Waals surface area contributed by atoms with Gasteiger partial charge in [-0.2, -0.15) is 4.98 Å². The molecule has 102 valence electrons. The van der Waals surface area contributed by atoms with Gasteiger partial charge in [-0.05, 0) is 6.92 Å². The van der Waals surface area contributed by atoms with Crippen molar-refractivity contribution in [1.82, 2.24) is 19.5 Å². The number of alkyl halides is 1. The molecule has 3 atom stereocenters. The summed E-state index contributed by atoms with van der Waals surface area (Å²) >= 11 is 0. The Labute approximate surface area is 108 Å². The highest BCUT2D eigenvalue weighted by atomic mass is 19.1. The molecule has 0 amide bonds. The number of nitrogens with two attached hydrogens (primary N) is 1. The van der Waals surface area contributed by atoms with Gasteiger partial charge >= 0.3 is 0 Å². The van der Waals surface area contributed by atoms with E-state index in [0.717, 1.165) is 0 Å². The highest BCUT2D eigenvalue weighted by Crippen LogP contribution is 2.33. The van der Waals surface area contributed by atoms with Gasteiger partial charge in [0.15, 0.2) is 11.9 Å². The fourth-order valence-corrected chi connectivity index (χ4v) is 2.33. The molecule has 3 heterocycles. The van der Waals surface area contributed by atoms with Crippen LogP contribution in [0.2, 0.25) is 0 Å². The van der Waals surface area contributed by atoms with E-state index in [9.17, 15) is 4.39 Å². The minimum atomic E-state index is -1.22. The van der Waals surface area contributed by atoms with Crippen molar-refractivity contribution in [3.8, 4) is 0 Å². The molecule has 1 aliphatic heterocycles. The molecule has 1 saturated heterocycles. The van der Waals surface area contributed by atoms with Crippen molar-refractivity contribution in [3.63, 3.8) is 0 Å². The van der Waals surface area contributed by atoms with E-state index < -0.39 is 18.5 Å². The first-order chi connectivity index (χ1) is 9.10. The molecule has 2 aromatic heterocycles. The van der Waals surface area contributed by atoms with Crippen LogP contribution in [0, 0.1) is 6.92 Å². The number of fused-ring (bicyclic) bond motifs is 1. The van der Waals surface area contributed by atoms with E-state index in [4.69, 9.17) is 15.6 Å². The van der Waals surface area contributed by atoms with E-state index in [1.807, 2.05) is 0 Å². The van der Waals surface area contributed by atoms with E-state index in [0.29, 0.717) is 16.9 Å². The van der Waals surface area contributed by atoms with Crippen LogP contribution < -0.4 is 5.73 Å². The Balaban J connectivity index is 2.06. The summed E-state index contributed by atoms with van der Waals surface area (Å²) in [5, 5.41) is 9.04. The highest BCUT2D eigenvalue weighted by Gasteiger charge is 2.37. The molecule has 2 aromatic rings. The van der Waals surface area contributed by atoms with Gasteiger partial charge in [0.2, 0.25) is 5.95 Å². The van der Waals surface area contributed by atoms with E-state index in [2.05, 4.69) is 15.0 Å². The SMILES string of the molecule is Cc1nc(N)nc2c1ncn2C1OC(CO)CC1F. The quantitative estimate of drug-likeness (QED) is 0.813. The molecule has 3 N–H and O–H groups in total. The fourth-order valence-electron chi connectivity index (χ4n) is 2.33. The van der Waals surface area contributed by atoms with Crippen LogP contribution in [0.3, 0.4) is 0 Å². The fraction of sp³-hybridized carbons (Fsp3) is 0.545. The van der Waals surface area contributed by atoms with Crippen LogP contribution in [0.1, 0.15) is 18.3 Å². The molecule has 0 saturated carbocycles. The molecule has 0 radical (unpaired) electrons. The molecule has 19 heavy (non-hydrogen) atoms. The monoisotopic (exact) mass is 267 g/mol. The third-order valence-electron chi connectivity index (χ3n) is 3.22. The Morgan fingerprint density at radius 3 is 3.05 bits per heavy atom. The molecule has 3 unspecified atom stereocenters. The molecular formula is C11H14FN5O2. The number of hydrogen-bond donors (Lipinski definition) is 2. The first-order valence-electron chi connectivity index (χ1n) is 5.97. The molecule has 0 aliphatic carbocycles. The molecule has 3 rings (SSSR count). The number of aliphatic hydroxyl groups excluding tert-OH is 1. The number of aromatic nitrogens is 4. The first kappa shape index (κ1) is 12.2. The summed E-state index contributed by atoms with van der Waals surface area (Å²) in [5.41, 5.74) is 7.24. The number of hydrogen-bond acceptors (Lipinski definition) is 6. The summed E-state index contributed by atoms with van der Waals surface area (Å²) < 4.78 is 20.9. The standard InChI is InChI=1S/C11H14FN5O2/c1-5-8-9(16-11(13)15-5)17(4-14-8)10-7(12)2-6(3-18)19-10/h4,6-7,10,18H,2-3H2,1H3,(H2,13,15,16). The molecule has 1 fully saturated rings. The van der Waals surface area contributed by atoms with Crippen LogP contribution in [-0.2, 0) is 4.74 Å². The number of halogens is 1. The van der Waals surface area contributed by atoms with Gasteiger partial charge in [-0.3, -0.25) is 4.57 Å². The Kier molecular flexibility index (Phi) is 2.83. The lowest BCUT2D eigenvalue weighted by molar-refractivity contribution is -0.0351. The molecule has 7 nitrogen and oxygen atoms in total. The smallest absolute Gasteiger partial charge is 0.222 e. The van der Waals surface area contributed by atoms with Crippen LogP contribution >= 0.6 is 0 Å². The minimum Gasteiger partial charge on any atom is -0.394 e. The maximum atomic E-state index is 14.0. The number of aliphatic hydroxyl groups is 1. The van der Waals surface area contributed by atoms with Gasteiger partial charge in [0, 0.05) is 6.42 Å². The average molecular weight is 267 g/mol. The zero-order chi connectivity index (χ0) is 13.6. The van der Waals surface area contributed by atoms with Crippen molar-refractivity contribution >= 4 is 17.1 Å². The van der Waals surface area contributed by atoms with Crippen molar-refractivity contribution in [2.75, 3.05) is 12.3 Å². The zero-order valence-corrected chi connectivity index (χ0v) is 10.3. The van der Waals surface area contributed by atoms with Gasteiger partial charge in [0.25, 0.3) is 0 Å². The summed E-state index contributed by atoms with van der Waals surface area (Å²) in [6.07, 6.45) is -0.942. The van der Waals surface area contributed by atoms with Gasteiger partial charge < -0.3 is 15.6 Å². The summed E-state index contributed by atoms with van der Waals surface area (Å²) in [6, 6.07) is 0. The van der Waals surface area contributed by atoms with Gasteiger partial charge in [0.05, 0.1) is 24.7 Å². The van der Waals surface area contributed by atoms with Crippen LogP contribution in [0.5, 0.6) is 0 Å². The minimum absolute atomic E-state index is 0.110. The number of rotatable bonds is 2. The predicted molar refractivity (Wildman–Crippen MR) is 65.0 cm³/mol. The van der Waals surface area contributed by atoms with Crippen molar-refractivity contribution in [2.24, 2.45) is 0 Å². The third-order valence-corrected chi connectivity index (χ3v) is 3.22. The lowest BCUT2D eigenvalue weighted by Gasteiger charge is -2.15. The third kappa shape index (κ3) is 1.92. The Morgan fingerprint density at radius 2 is 2.37 bits per heavy atom. The van der Waals surface area contributed by atoms with Crippen molar-refractivity contribution in [2.45, 2.75) is 31.8 Å². The number of ether oxygens (including phenoxy) is 1. The van der Waals surface area contributed by atoms with Crippen LogP contribution in [-0.4, -0.2) is 43.5 Å². The average Bonchev–Trinajstić information content (AvgIpc) is 2.92. The highest BCUT2D eigenvalue weighted by molar-refractivity contribution is 5.74. The van der Waals surface area contributed by atoms with Gasteiger partial charge in [0.1, 0.15) is 11.7 Å². The lowest BCUT2D eigenvalue weighted by atomic mass is 10.2. The second-order valence-corrected chi connectivity index (χ2v) is 4.57. The molecular weight excluding hydrogens is 253 g/mol. The number of aryl methyl sites for hydroxylation is 1.